The van der Waals surface area contributed by atoms with Crippen molar-refractivity contribution in [2.24, 2.45) is 4.99 Å². The molecule has 3 rings (SSSR count). The molecule has 0 bridgehead atoms. The zero-order chi connectivity index (χ0) is 16.3. The summed E-state index contributed by atoms with van der Waals surface area (Å²) in [6, 6.07) is 7.34. The Balaban J connectivity index is 1.66. The smallest absolute Gasteiger partial charge is 0.175 e. The molecule has 6 nitrogen and oxygen atoms in total. The molecule has 1 aromatic rings. The molecule has 23 heavy (non-hydrogen) atoms. The summed E-state index contributed by atoms with van der Waals surface area (Å²) >= 11 is 1.81. The standard InChI is InChI=1S/C15H21N3O3S2/c1-23(19,20)13-4-2-11(3-5-13)14-8-16-9-15(17-14)22-10-12-6-7-21-18-12/h2-5,12,15-16,18H,6-10H2,1H3. The van der Waals surface area contributed by atoms with E-state index in [9.17, 15) is 8.42 Å². The Bertz CT molecular complexity index is 668. The molecule has 2 unspecified atom stereocenters. The fourth-order valence-electron chi connectivity index (χ4n) is 2.53. The number of nitrogens with zero attached hydrogens (tertiary/aromatic N) is 1. The Hall–Kier alpha value is -0.930. The van der Waals surface area contributed by atoms with Gasteiger partial charge in [-0.1, -0.05) is 12.1 Å². The van der Waals surface area contributed by atoms with E-state index in [-0.39, 0.29) is 5.37 Å². The minimum absolute atomic E-state index is 0.177. The van der Waals surface area contributed by atoms with Crippen molar-refractivity contribution in [3.63, 3.8) is 0 Å². The van der Waals surface area contributed by atoms with Crippen molar-refractivity contribution in [2.45, 2.75) is 22.7 Å². The lowest BCUT2D eigenvalue weighted by Crippen LogP contribution is -2.36. The van der Waals surface area contributed by atoms with E-state index < -0.39 is 9.84 Å². The van der Waals surface area contributed by atoms with Gasteiger partial charge in [-0.15, -0.1) is 11.8 Å². The average molecular weight is 355 g/mol. The van der Waals surface area contributed by atoms with Gasteiger partial charge in [-0.3, -0.25) is 4.99 Å². The molecule has 126 valence electrons. The zero-order valence-corrected chi connectivity index (χ0v) is 14.6. The van der Waals surface area contributed by atoms with Crippen LogP contribution in [0.15, 0.2) is 34.2 Å². The molecule has 0 saturated carbocycles. The van der Waals surface area contributed by atoms with Gasteiger partial charge in [-0.25, -0.2) is 8.42 Å². The second kappa shape index (κ2) is 7.31. The molecule has 0 radical (unpaired) electrons. The molecule has 0 aromatic heterocycles. The first kappa shape index (κ1) is 16.9. The van der Waals surface area contributed by atoms with Crippen LogP contribution in [0.5, 0.6) is 0 Å². The summed E-state index contributed by atoms with van der Waals surface area (Å²) in [6.07, 6.45) is 2.26. The number of sulfone groups is 1. The van der Waals surface area contributed by atoms with E-state index in [1.165, 1.54) is 6.26 Å². The van der Waals surface area contributed by atoms with Gasteiger partial charge in [0.2, 0.25) is 0 Å². The van der Waals surface area contributed by atoms with Crippen molar-refractivity contribution in [1.29, 1.82) is 0 Å². The van der Waals surface area contributed by atoms with Gasteiger partial charge in [0.15, 0.2) is 9.84 Å². The van der Waals surface area contributed by atoms with E-state index in [1.54, 1.807) is 12.1 Å². The molecule has 1 aromatic carbocycles. The minimum Gasteiger partial charge on any atom is -0.308 e. The average Bonchev–Trinajstić information content (AvgIpc) is 3.06. The predicted molar refractivity (Wildman–Crippen MR) is 92.7 cm³/mol. The lowest BCUT2D eigenvalue weighted by molar-refractivity contribution is 0.0914. The monoisotopic (exact) mass is 355 g/mol. The predicted octanol–water partition coefficient (Wildman–Crippen LogP) is 0.835. The molecule has 0 spiro atoms. The van der Waals surface area contributed by atoms with Crippen LogP contribution >= 0.6 is 11.8 Å². The lowest BCUT2D eigenvalue weighted by Gasteiger charge is -2.22. The van der Waals surface area contributed by atoms with Crippen molar-refractivity contribution in [2.75, 3.05) is 31.7 Å². The van der Waals surface area contributed by atoms with Crippen LogP contribution in [0.1, 0.15) is 12.0 Å². The summed E-state index contributed by atoms with van der Waals surface area (Å²) < 4.78 is 23.0. The van der Waals surface area contributed by atoms with Crippen LogP contribution in [0, 0.1) is 0 Å². The SMILES string of the molecule is CS(=O)(=O)c1ccc(C2=NC(SCC3CCON3)CNC2)cc1. The minimum atomic E-state index is -3.16. The lowest BCUT2D eigenvalue weighted by atomic mass is 10.1. The normalized spacial score (nSPS) is 25.3. The number of nitrogens with one attached hydrogen (secondary N) is 2. The summed E-state index contributed by atoms with van der Waals surface area (Å²) in [6.45, 7) is 2.33. The molecule has 8 heteroatoms. The van der Waals surface area contributed by atoms with Crippen molar-refractivity contribution in [3.05, 3.63) is 29.8 Å². The Morgan fingerprint density at radius 2 is 2.13 bits per heavy atom. The summed E-state index contributed by atoms with van der Waals surface area (Å²) in [5.41, 5.74) is 4.96. The summed E-state index contributed by atoms with van der Waals surface area (Å²) in [4.78, 5) is 10.3. The molecular formula is C15H21N3O3S2. The fraction of sp³-hybridized carbons (Fsp3) is 0.533. The van der Waals surface area contributed by atoms with Crippen LogP contribution in [0.4, 0.5) is 0 Å². The first-order valence-corrected chi connectivity index (χ1v) is 10.5. The van der Waals surface area contributed by atoms with Crippen LogP contribution in [0.2, 0.25) is 0 Å². The number of hydrogen-bond acceptors (Lipinski definition) is 7. The highest BCUT2D eigenvalue weighted by Crippen LogP contribution is 2.20. The number of hydroxylamine groups is 1. The fourth-order valence-corrected chi connectivity index (χ4v) is 4.29. The molecule has 2 heterocycles. The van der Waals surface area contributed by atoms with E-state index >= 15 is 0 Å². The number of benzene rings is 1. The topological polar surface area (TPSA) is 79.8 Å². The van der Waals surface area contributed by atoms with Crippen molar-refractivity contribution in [3.8, 4) is 0 Å². The van der Waals surface area contributed by atoms with Gasteiger partial charge in [0.1, 0.15) is 5.37 Å². The molecule has 1 fully saturated rings. The first-order valence-electron chi connectivity index (χ1n) is 7.59. The number of hydrogen-bond donors (Lipinski definition) is 2. The maximum absolute atomic E-state index is 11.5. The van der Waals surface area contributed by atoms with Crippen LogP contribution in [-0.2, 0) is 14.7 Å². The van der Waals surface area contributed by atoms with Crippen LogP contribution in [-0.4, -0.2) is 57.3 Å². The Morgan fingerprint density at radius 3 is 2.78 bits per heavy atom. The number of thioether (sulfide) groups is 1. The van der Waals surface area contributed by atoms with E-state index in [1.807, 2.05) is 23.9 Å². The van der Waals surface area contributed by atoms with Gasteiger partial charge in [-0.05, 0) is 24.1 Å². The van der Waals surface area contributed by atoms with Gasteiger partial charge >= 0.3 is 0 Å². The molecular weight excluding hydrogens is 334 g/mol. The highest BCUT2D eigenvalue weighted by Gasteiger charge is 2.20. The molecule has 2 N–H and O–H groups in total. The molecule has 0 amide bonds. The largest absolute Gasteiger partial charge is 0.308 e. The third kappa shape index (κ3) is 4.54. The van der Waals surface area contributed by atoms with Crippen LogP contribution in [0.25, 0.3) is 0 Å². The van der Waals surface area contributed by atoms with Crippen molar-refractivity contribution < 1.29 is 13.3 Å². The Morgan fingerprint density at radius 1 is 1.35 bits per heavy atom. The molecule has 2 atom stereocenters. The molecule has 1 saturated heterocycles. The van der Waals surface area contributed by atoms with E-state index in [0.29, 0.717) is 17.5 Å². The van der Waals surface area contributed by atoms with Gasteiger partial charge in [-0.2, -0.15) is 5.48 Å². The van der Waals surface area contributed by atoms with Gasteiger partial charge in [0.25, 0.3) is 0 Å². The summed E-state index contributed by atoms with van der Waals surface area (Å²) in [5, 5.41) is 3.56. The van der Waals surface area contributed by atoms with Crippen molar-refractivity contribution >= 4 is 27.3 Å². The third-order valence-electron chi connectivity index (χ3n) is 3.84. The second-order valence-corrected chi connectivity index (χ2v) is 8.97. The number of aliphatic imine (C=N–C) groups is 1. The third-order valence-corrected chi connectivity index (χ3v) is 6.22. The highest BCUT2D eigenvalue weighted by atomic mass is 32.2. The van der Waals surface area contributed by atoms with E-state index in [2.05, 4.69) is 10.8 Å². The maximum atomic E-state index is 11.5. The molecule has 2 aliphatic heterocycles. The van der Waals surface area contributed by atoms with Crippen molar-refractivity contribution in [1.82, 2.24) is 10.8 Å². The van der Waals surface area contributed by atoms with Gasteiger partial charge in [0.05, 0.1) is 17.2 Å². The Labute approximate surface area is 141 Å². The van der Waals surface area contributed by atoms with Gasteiger partial charge < -0.3 is 10.2 Å². The number of rotatable bonds is 5. The summed E-state index contributed by atoms with van der Waals surface area (Å²) in [5.74, 6) is 0.968. The zero-order valence-electron chi connectivity index (χ0n) is 13.0. The highest BCUT2D eigenvalue weighted by molar-refractivity contribution is 8.00. The van der Waals surface area contributed by atoms with E-state index in [0.717, 1.165) is 36.6 Å². The maximum Gasteiger partial charge on any atom is 0.175 e. The quantitative estimate of drug-likeness (QED) is 0.815. The molecule has 0 aliphatic carbocycles. The van der Waals surface area contributed by atoms with Gasteiger partial charge in [0, 0.05) is 31.1 Å². The van der Waals surface area contributed by atoms with Crippen LogP contribution < -0.4 is 10.8 Å². The van der Waals surface area contributed by atoms with E-state index in [4.69, 9.17) is 9.83 Å². The Kier molecular flexibility index (Phi) is 5.38. The van der Waals surface area contributed by atoms with Crippen LogP contribution in [0.3, 0.4) is 0 Å². The summed E-state index contributed by atoms with van der Waals surface area (Å²) in [7, 11) is -3.16. The molecule has 2 aliphatic rings. The second-order valence-electron chi connectivity index (χ2n) is 5.74. The first-order chi connectivity index (χ1) is 11.0.